The molecule has 0 unspecified atom stereocenters. The van der Waals surface area contributed by atoms with E-state index in [1.165, 1.54) is 0 Å². The first-order chi connectivity index (χ1) is 11.9. The van der Waals surface area contributed by atoms with Gasteiger partial charge in [0, 0.05) is 36.9 Å². The van der Waals surface area contributed by atoms with Crippen LogP contribution in [0.15, 0.2) is 18.2 Å². The third kappa shape index (κ3) is 3.98. The first kappa shape index (κ1) is 18.2. The number of carbonyl (C=O) groups is 1. The Bertz CT molecular complexity index is 741. The van der Waals surface area contributed by atoms with Crippen molar-refractivity contribution in [1.29, 1.82) is 0 Å². The Hall–Kier alpha value is -1.60. The molecular weight excluding hydrogens is 340 g/mol. The van der Waals surface area contributed by atoms with Crippen LogP contribution in [0.2, 0.25) is 0 Å². The van der Waals surface area contributed by atoms with Gasteiger partial charge in [-0.3, -0.25) is 4.79 Å². The van der Waals surface area contributed by atoms with Crippen molar-refractivity contribution in [3.8, 4) is 0 Å². The fraction of sp³-hybridized carbons (Fsp3) is 0.611. The molecule has 1 aromatic carbocycles. The van der Waals surface area contributed by atoms with Crippen LogP contribution in [-0.2, 0) is 14.6 Å². The third-order valence-corrected chi connectivity index (χ3v) is 6.80. The highest BCUT2D eigenvalue weighted by Crippen LogP contribution is 2.25. The van der Waals surface area contributed by atoms with E-state index in [1.807, 2.05) is 32.0 Å². The quantitative estimate of drug-likeness (QED) is 0.807. The van der Waals surface area contributed by atoms with Gasteiger partial charge in [0.2, 0.25) is 0 Å². The monoisotopic (exact) mass is 366 g/mol. The summed E-state index contributed by atoms with van der Waals surface area (Å²) in [5, 5.41) is 0. The number of ether oxygens (including phenoxy) is 1. The topological polar surface area (TPSA) is 66.9 Å². The molecule has 25 heavy (non-hydrogen) atoms. The molecule has 2 aliphatic heterocycles. The molecule has 2 aliphatic rings. The minimum atomic E-state index is -3.01. The number of rotatable bonds is 4. The van der Waals surface area contributed by atoms with E-state index < -0.39 is 9.84 Å². The maximum Gasteiger partial charge on any atom is 0.254 e. The average Bonchev–Trinajstić information content (AvgIpc) is 2.95. The molecule has 1 aromatic rings. The molecule has 0 aromatic heterocycles. The smallest absolute Gasteiger partial charge is 0.254 e. The van der Waals surface area contributed by atoms with E-state index in [9.17, 15) is 13.2 Å². The zero-order valence-electron chi connectivity index (χ0n) is 14.9. The molecule has 0 radical (unpaired) electrons. The van der Waals surface area contributed by atoms with Crippen molar-refractivity contribution in [1.82, 2.24) is 4.90 Å². The van der Waals surface area contributed by atoms with Gasteiger partial charge in [0.25, 0.3) is 5.91 Å². The van der Waals surface area contributed by atoms with Gasteiger partial charge in [-0.05, 0) is 44.0 Å². The Balaban J connectivity index is 1.78. The van der Waals surface area contributed by atoms with Crippen molar-refractivity contribution in [3.63, 3.8) is 0 Å². The lowest BCUT2D eigenvalue weighted by molar-refractivity contribution is 0.0708. The van der Waals surface area contributed by atoms with Crippen LogP contribution >= 0.6 is 0 Å². The van der Waals surface area contributed by atoms with Crippen LogP contribution in [0.1, 0.15) is 29.3 Å². The van der Waals surface area contributed by atoms with E-state index in [2.05, 4.69) is 4.90 Å². The first-order valence-corrected chi connectivity index (χ1v) is 10.7. The lowest BCUT2D eigenvalue weighted by atomic mass is 10.1. The second-order valence-electron chi connectivity index (χ2n) is 6.75. The zero-order chi connectivity index (χ0) is 18.0. The van der Waals surface area contributed by atoms with E-state index in [0.717, 1.165) is 37.6 Å². The zero-order valence-corrected chi connectivity index (χ0v) is 15.7. The number of nitrogens with zero attached hydrogens (tertiary/aromatic N) is 2. The summed E-state index contributed by atoms with van der Waals surface area (Å²) in [6, 6.07) is 5.56. The highest BCUT2D eigenvalue weighted by molar-refractivity contribution is 7.91. The normalized spacial score (nSPS) is 22.8. The lowest BCUT2D eigenvalue weighted by Gasteiger charge is -2.31. The minimum absolute atomic E-state index is 0.0808. The number of hydrogen-bond acceptors (Lipinski definition) is 5. The SMILES string of the molecule is CCN(C(=O)c1ccc(N2CCOCC2)c(C)c1)[C@H]1CCS(=O)(=O)C1. The lowest BCUT2D eigenvalue weighted by Crippen LogP contribution is -2.41. The van der Waals surface area contributed by atoms with E-state index in [4.69, 9.17) is 4.74 Å². The van der Waals surface area contributed by atoms with Gasteiger partial charge in [0.15, 0.2) is 9.84 Å². The van der Waals surface area contributed by atoms with Gasteiger partial charge in [-0.25, -0.2) is 8.42 Å². The second kappa shape index (κ2) is 7.33. The maximum atomic E-state index is 12.9. The van der Waals surface area contributed by atoms with Crippen LogP contribution in [0.5, 0.6) is 0 Å². The number of carbonyl (C=O) groups excluding carboxylic acids is 1. The molecule has 2 saturated heterocycles. The van der Waals surface area contributed by atoms with Gasteiger partial charge in [-0.1, -0.05) is 0 Å². The molecular formula is C18H26N2O4S. The Kier molecular flexibility index (Phi) is 5.34. The van der Waals surface area contributed by atoms with Gasteiger partial charge in [-0.15, -0.1) is 0 Å². The second-order valence-corrected chi connectivity index (χ2v) is 8.98. The highest BCUT2D eigenvalue weighted by Gasteiger charge is 2.34. The number of morpholine rings is 1. The van der Waals surface area contributed by atoms with E-state index in [0.29, 0.717) is 18.5 Å². The standard InChI is InChI=1S/C18H26N2O4S/c1-3-20(16-6-11-25(22,23)13-16)18(21)15-4-5-17(14(2)12-15)19-7-9-24-10-8-19/h4-5,12,16H,3,6-11,13H2,1-2H3/t16-/m0/s1. The maximum absolute atomic E-state index is 12.9. The van der Waals surface area contributed by atoms with Crippen molar-refractivity contribution in [2.45, 2.75) is 26.3 Å². The van der Waals surface area contributed by atoms with Gasteiger partial charge >= 0.3 is 0 Å². The van der Waals surface area contributed by atoms with Crippen molar-refractivity contribution in [2.75, 3.05) is 49.3 Å². The molecule has 1 atom stereocenters. The summed E-state index contributed by atoms with van der Waals surface area (Å²) >= 11 is 0. The van der Waals surface area contributed by atoms with Crippen LogP contribution in [0.3, 0.4) is 0 Å². The van der Waals surface area contributed by atoms with Gasteiger partial charge in [0.1, 0.15) is 0 Å². The van der Waals surface area contributed by atoms with Crippen molar-refractivity contribution >= 4 is 21.4 Å². The number of amides is 1. The summed E-state index contributed by atoms with van der Waals surface area (Å²) < 4.78 is 28.9. The molecule has 7 heteroatoms. The molecule has 0 bridgehead atoms. The molecule has 138 valence electrons. The molecule has 2 heterocycles. The van der Waals surface area contributed by atoms with E-state index in [1.54, 1.807) is 4.90 Å². The Labute approximate surface area is 149 Å². The van der Waals surface area contributed by atoms with Gasteiger partial charge in [-0.2, -0.15) is 0 Å². The van der Waals surface area contributed by atoms with Gasteiger partial charge in [0.05, 0.1) is 24.7 Å². The summed E-state index contributed by atoms with van der Waals surface area (Å²) in [7, 11) is -3.01. The number of hydrogen-bond donors (Lipinski definition) is 0. The van der Waals surface area contributed by atoms with Crippen LogP contribution < -0.4 is 4.90 Å². The van der Waals surface area contributed by atoms with Crippen LogP contribution in [0.25, 0.3) is 0 Å². The van der Waals surface area contributed by atoms with Crippen LogP contribution in [-0.4, -0.2) is 69.6 Å². The molecule has 0 aliphatic carbocycles. The van der Waals surface area contributed by atoms with Crippen molar-refractivity contribution in [3.05, 3.63) is 29.3 Å². The van der Waals surface area contributed by atoms with Crippen LogP contribution in [0.4, 0.5) is 5.69 Å². The molecule has 0 saturated carbocycles. The number of benzene rings is 1. The average molecular weight is 366 g/mol. The highest BCUT2D eigenvalue weighted by atomic mass is 32.2. The van der Waals surface area contributed by atoms with Crippen molar-refractivity contribution in [2.24, 2.45) is 0 Å². The molecule has 1 amide bonds. The predicted molar refractivity (Wildman–Crippen MR) is 98.0 cm³/mol. The minimum Gasteiger partial charge on any atom is -0.378 e. The summed E-state index contributed by atoms with van der Waals surface area (Å²) in [4.78, 5) is 16.9. The molecule has 3 rings (SSSR count). The fourth-order valence-corrected chi connectivity index (χ4v) is 5.43. The Morgan fingerprint density at radius 3 is 2.60 bits per heavy atom. The summed E-state index contributed by atoms with van der Waals surface area (Å²) in [6.07, 6.45) is 0.534. The van der Waals surface area contributed by atoms with Gasteiger partial charge < -0.3 is 14.5 Å². The van der Waals surface area contributed by atoms with Crippen molar-refractivity contribution < 1.29 is 17.9 Å². The third-order valence-electron chi connectivity index (χ3n) is 5.05. The summed E-state index contributed by atoms with van der Waals surface area (Å²) in [5.74, 6) is 0.176. The summed E-state index contributed by atoms with van der Waals surface area (Å²) in [6.45, 7) is 7.59. The first-order valence-electron chi connectivity index (χ1n) is 8.86. The predicted octanol–water partition coefficient (Wildman–Crippen LogP) is 1.48. The largest absolute Gasteiger partial charge is 0.378 e. The van der Waals surface area contributed by atoms with Crippen LogP contribution in [0, 0.1) is 6.92 Å². The Morgan fingerprint density at radius 2 is 2.04 bits per heavy atom. The fourth-order valence-electron chi connectivity index (χ4n) is 3.70. The van der Waals surface area contributed by atoms with E-state index >= 15 is 0 Å². The Morgan fingerprint density at radius 1 is 1.32 bits per heavy atom. The molecule has 6 nitrogen and oxygen atoms in total. The molecule has 2 fully saturated rings. The van der Waals surface area contributed by atoms with E-state index in [-0.39, 0.29) is 23.5 Å². The number of anilines is 1. The summed E-state index contributed by atoms with van der Waals surface area (Å²) in [5.41, 5.74) is 2.81. The molecule has 0 N–H and O–H groups in total. The number of sulfone groups is 1. The number of aryl methyl sites for hydroxylation is 1. The molecule has 0 spiro atoms.